The number of anilines is 1. The zero-order chi connectivity index (χ0) is 16.4. The van der Waals surface area contributed by atoms with Crippen LogP contribution in [0, 0.1) is 6.92 Å². The number of carbonyl (C=O) groups is 2. The number of carbonyl (C=O) groups excluding carboxylic acids is 1. The van der Waals surface area contributed by atoms with Crippen LogP contribution in [-0.2, 0) is 0 Å². The number of fused-ring (bicyclic) bond motifs is 1. The number of benzene rings is 2. The van der Waals surface area contributed by atoms with Crippen molar-refractivity contribution in [1.82, 2.24) is 0 Å². The Balaban J connectivity index is 1.87. The molecule has 1 aliphatic heterocycles. The number of carboxylic acid groups (broad SMARTS) is 1. The molecule has 0 fully saturated rings. The topological polar surface area (TPSA) is 84.9 Å². The average Bonchev–Trinajstić information content (AvgIpc) is 2.54. The minimum Gasteiger partial charge on any atom is -0.486 e. The monoisotopic (exact) mass is 313 g/mol. The summed E-state index contributed by atoms with van der Waals surface area (Å²) in [5, 5.41) is 11.8. The second kappa shape index (κ2) is 6.00. The predicted octanol–water partition coefficient (Wildman–Crippen LogP) is 2.72. The lowest BCUT2D eigenvalue weighted by atomic mass is 10.1. The summed E-state index contributed by atoms with van der Waals surface area (Å²) in [4.78, 5) is 23.6. The van der Waals surface area contributed by atoms with Gasteiger partial charge in [0, 0.05) is 5.56 Å². The summed E-state index contributed by atoms with van der Waals surface area (Å²) in [6, 6.07) is 9.64. The molecule has 0 atom stereocenters. The molecule has 0 unspecified atom stereocenters. The van der Waals surface area contributed by atoms with E-state index in [1.807, 2.05) is 6.92 Å². The summed E-state index contributed by atoms with van der Waals surface area (Å²) in [7, 11) is 0. The van der Waals surface area contributed by atoms with Crippen LogP contribution >= 0.6 is 0 Å². The van der Waals surface area contributed by atoms with Crippen molar-refractivity contribution in [3.8, 4) is 11.5 Å². The quantitative estimate of drug-likeness (QED) is 0.910. The minimum absolute atomic E-state index is 0.0430. The van der Waals surface area contributed by atoms with Crippen LogP contribution in [0.25, 0.3) is 0 Å². The van der Waals surface area contributed by atoms with Gasteiger partial charge in [0.05, 0.1) is 11.3 Å². The first-order valence-electron chi connectivity index (χ1n) is 7.09. The van der Waals surface area contributed by atoms with Crippen LogP contribution in [0.2, 0.25) is 0 Å². The highest BCUT2D eigenvalue weighted by Gasteiger charge is 2.17. The fraction of sp³-hybridized carbons (Fsp3) is 0.176. The SMILES string of the molecule is Cc1ccc(C(=O)O)c(NC(=O)c2ccc3c(c2)OCCO3)c1. The molecule has 0 radical (unpaired) electrons. The van der Waals surface area contributed by atoms with Crippen molar-refractivity contribution in [3.05, 3.63) is 53.1 Å². The molecule has 0 aromatic heterocycles. The molecule has 2 N–H and O–H groups in total. The van der Waals surface area contributed by atoms with Crippen molar-refractivity contribution in [1.29, 1.82) is 0 Å². The molecule has 0 saturated carbocycles. The molecule has 1 amide bonds. The van der Waals surface area contributed by atoms with Gasteiger partial charge < -0.3 is 19.9 Å². The molecule has 118 valence electrons. The smallest absolute Gasteiger partial charge is 0.337 e. The maximum atomic E-state index is 12.4. The van der Waals surface area contributed by atoms with Gasteiger partial charge in [-0.15, -0.1) is 0 Å². The summed E-state index contributed by atoms with van der Waals surface area (Å²) in [5.41, 5.74) is 1.53. The maximum Gasteiger partial charge on any atom is 0.337 e. The Morgan fingerprint density at radius 3 is 2.52 bits per heavy atom. The van der Waals surface area contributed by atoms with Crippen molar-refractivity contribution in [2.24, 2.45) is 0 Å². The third kappa shape index (κ3) is 3.11. The van der Waals surface area contributed by atoms with Gasteiger partial charge in [-0.2, -0.15) is 0 Å². The first-order chi connectivity index (χ1) is 11.0. The molecule has 1 aliphatic rings. The fourth-order valence-electron chi connectivity index (χ4n) is 2.33. The number of rotatable bonds is 3. The Labute approximate surface area is 132 Å². The number of aromatic carboxylic acids is 1. The van der Waals surface area contributed by atoms with Crippen molar-refractivity contribution in [2.45, 2.75) is 6.92 Å². The molecule has 1 heterocycles. The van der Waals surface area contributed by atoms with Gasteiger partial charge in [-0.05, 0) is 42.8 Å². The minimum atomic E-state index is -1.09. The molecule has 0 spiro atoms. The van der Waals surface area contributed by atoms with E-state index in [1.54, 1.807) is 30.3 Å². The van der Waals surface area contributed by atoms with Crippen molar-refractivity contribution in [2.75, 3.05) is 18.5 Å². The average molecular weight is 313 g/mol. The highest BCUT2D eigenvalue weighted by Crippen LogP contribution is 2.31. The molecule has 0 aliphatic carbocycles. The van der Waals surface area contributed by atoms with Gasteiger partial charge in [-0.3, -0.25) is 4.79 Å². The van der Waals surface area contributed by atoms with E-state index >= 15 is 0 Å². The van der Waals surface area contributed by atoms with E-state index in [1.165, 1.54) is 6.07 Å². The third-order valence-electron chi connectivity index (χ3n) is 3.46. The highest BCUT2D eigenvalue weighted by atomic mass is 16.6. The number of nitrogens with one attached hydrogen (secondary N) is 1. The summed E-state index contributed by atoms with van der Waals surface area (Å²) >= 11 is 0. The highest BCUT2D eigenvalue weighted by molar-refractivity contribution is 6.08. The Morgan fingerprint density at radius 1 is 1.04 bits per heavy atom. The summed E-state index contributed by atoms with van der Waals surface area (Å²) in [6.07, 6.45) is 0. The molecule has 2 aromatic rings. The standard InChI is InChI=1S/C17H15NO5/c1-10-2-4-12(17(20)21)13(8-10)18-16(19)11-3-5-14-15(9-11)23-7-6-22-14/h2-5,8-9H,6-7H2,1H3,(H,18,19)(H,20,21). The van der Waals surface area contributed by atoms with E-state index in [9.17, 15) is 14.7 Å². The van der Waals surface area contributed by atoms with Gasteiger partial charge in [0.15, 0.2) is 11.5 Å². The fourth-order valence-corrected chi connectivity index (χ4v) is 2.33. The summed E-state index contributed by atoms with van der Waals surface area (Å²) < 4.78 is 10.9. The lowest BCUT2D eigenvalue weighted by Gasteiger charge is -2.18. The number of ether oxygens (including phenoxy) is 2. The van der Waals surface area contributed by atoms with Gasteiger partial charge in [-0.1, -0.05) is 6.07 Å². The van der Waals surface area contributed by atoms with Crippen LogP contribution in [0.4, 0.5) is 5.69 Å². The normalized spacial score (nSPS) is 12.6. The molecule has 2 aromatic carbocycles. The Hall–Kier alpha value is -3.02. The Kier molecular flexibility index (Phi) is 3.89. The molecular weight excluding hydrogens is 298 g/mol. The summed E-state index contributed by atoms with van der Waals surface area (Å²) in [6.45, 7) is 2.73. The number of amides is 1. The van der Waals surface area contributed by atoms with E-state index in [0.29, 0.717) is 30.3 Å². The van der Waals surface area contributed by atoms with E-state index in [4.69, 9.17) is 9.47 Å². The van der Waals surface area contributed by atoms with Crippen LogP contribution in [0.15, 0.2) is 36.4 Å². The second-order valence-corrected chi connectivity index (χ2v) is 5.17. The Morgan fingerprint density at radius 2 is 1.78 bits per heavy atom. The van der Waals surface area contributed by atoms with Gasteiger partial charge in [0.1, 0.15) is 13.2 Å². The maximum absolute atomic E-state index is 12.4. The van der Waals surface area contributed by atoms with Crippen molar-refractivity contribution < 1.29 is 24.2 Å². The largest absolute Gasteiger partial charge is 0.486 e. The van der Waals surface area contributed by atoms with Gasteiger partial charge in [0.25, 0.3) is 5.91 Å². The number of hydrogen-bond acceptors (Lipinski definition) is 4. The lowest BCUT2D eigenvalue weighted by Crippen LogP contribution is -2.18. The first kappa shape index (κ1) is 14.9. The number of hydrogen-bond donors (Lipinski definition) is 2. The zero-order valence-corrected chi connectivity index (χ0v) is 12.5. The number of aryl methyl sites for hydroxylation is 1. The molecular formula is C17H15NO5. The molecule has 3 rings (SSSR count). The van der Waals surface area contributed by atoms with Crippen molar-refractivity contribution >= 4 is 17.6 Å². The number of carboxylic acids is 1. The van der Waals surface area contributed by atoms with Crippen LogP contribution in [0.1, 0.15) is 26.3 Å². The molecule has 0 bridgehead atoms. The van der Waals surface area contributed by atoms with Crippen LogP contribution < -0.4 is 14.8 Å². The van der Waals surface area contributed by atoms with E-state index in [0.717, 1.165) is 5.56 Å². The molecule has 0 saturated heterocycles. The third-order valence-corrected chi connectivity index (χ3v) is 3.46. The Bertz CT molecular complexity index is 785. The van der Waals surface area contributed by atoms with Crippen LogP contribution in [0.3, 0.4) is 0 Å². The van der Waals surface area contributed by atoms with Crippen molar-refractivity contribution in [3.63, 3.8) is 0 Å². The van der Waals surface area contributed by atoms with Crippen LogP contribution in [0.5, 0.6) is 11.5 Å². The van der Waals surface area contributed by atoms with Gasteiger partial charge in [-0.25, -0.2) is 4.79 Å². The van der Waals surface area contributed by atoms with E-state index < -0.39 is 11.9 Å². The molecule has 23 heavy (non-hydrogen) atoms. The first-order valence-corrected chi connectivity index (χ1v) is 7.09. The molecule has 6 nitrogen and oxygen atoms in total. The lowest BCUT2D eigenvalue weighted by molar-refractivity contribution is 0.0698. The summed E-state index contributed by atoms with van der Waals surface area (Å²) in [5.74, 6) is -0.404. The van der Waals surface area contributed by atoms with Crippen LogP contribution in [-0.4, -0.2) is 30.2 Å². The van der Waals surface area contributed by atoms with E-state index in [2.05, 4.69) is 5.32 Å². The molecule has 6 heteroatoms. The van der Waals surface area contributed by atoms with Gasteiger partial charge in [0.2, 0.25) is 0 Å². The zero-order valence-electron chi connectivity index (χ0n) is 12.5. The predicted molar refractivity (Wildman–Crippen MR) is 83.5 cm³/mol. The van der Waals surface area contributed by atoms with E-state index in [-0.39, 0.29) is 11.3 Å². The van der Waals surface area contributed by atoms with Gasteiger partial charge >= 0.3 is 5.97 Å². The second-order valence-electron chi connectivity index (χ2n) is 5.17.